The van der Waals surface area contributed by atoms with Gasteiger partial charge in [0.2, 0.25) is 0 Å². The highest BCUT2D eigenvalue weighted by molar-refractivity contribution is 6.30. The zero-order valence-corrected chi connectivity index (χ0v) is 19.9. The average molecular weight is 485 g/mol. The molecule has 2 N–H and O–H groups in total. The van der Waals surface area contributed by atoms with Gasteiger partial charge >= 0.3 is 0 Å². The summed E-state index contributed by atoms with van der Waals surface area (Å²) in [6.07, 6.45) is 0.713. The minimum atomic E-state index is -0.664. The number of aliphatic hydroxyl groups excluding tert-OH is 1. The minimum absolute atomic E-state index is 0. The number of anilines is 2. The second-order valence-electron chi connectivity index (χ2n) is 7.49. The maximum atomic E-state index is 14.2. The molecule has 174 valence electrons. The lowest BCUT2D eigenvalue weighted by molar-refractivity contribution is 0.0669. The molecule has 32 heavy (non-hydrogen) atoms. The van der Waals surface area contributed by atoms with E-state index in [1.807, 2.05) is 11.9 Å². The Labute approximate surface area is 197 Å². The third-order valence-corrected chi connectivity index (χ3v) is 5.15. The number of nitrogens with one attached hydrogen (secondary N) is 1. The van der Waals surface area contributed by atoms with Crippen molar-refractivity contribution in [3.05, 3.63) is 47.5 Å². The number of hydrogen-bond acceptors (Lipinski definition) is 7. The largest absolute Gasteiger partial charge is 0.493 e. The van der Waals surface area contributed by atoms with Crippen LogP contribution in [0.4, 0.5) is 15.9 Å². The number of ether oxygens (including phenoxy) is 2. The Kier molecular flexibility index (Phi) is 9.27. The number of benzene rings is 2. The molecule has 2 aromatic carbocycles. The summed E-state index contributed by atoms with van der Waals surface area (Å²) in [7, 11) is 3.46. The quantitative estimate of drug-likeness (QED) is 0.456. The highest BCUT2D eigenvalue weighted by atomic mass is 35.5. The fourth-order valence-corrected chi connectivity index (χ4v) is 3.10. The van der Waals surface area contributed by atoms with Crippen LogP contribution in [0.1, 0.15) is 13.8 Å². The van der Waals surface area contributed by atoms with Crippen molar-refractivity contribution in [2.75, 3.05) is 32.6 Å². The van der Waals surface area contributed by atoms with Crippen molar-refractivity contribution in [3.63, 3.8) is 0 Å². The summed E-state index contributed by atoms with van der Waals surface area (Å²) in [5, 5.41) is 14.2. The van der Waals surface area contributed by atoms with Gasteiger partial charge in [0.05, 0.1) is 18.3 Å². The van der Waals surface area contributed by atoms with Gasteiger partial charge in [-0.2, -0.15) is 0 Å². The van der Waals surface area contributed by atoms with Crippen LogP contribution in [0, 0.1) is 5.82 Å². The summed E-state index contributed by atoms with van der Waals surface area (Å²) in [6.45, 7) is 4.70. The van der Waals surface area contributed by atoms with Crippen molar-refractivity contribution in [2.45, 2.75) is 26.0 Å². The average Bonchev–Trinajstić information content (AvgIpc) is 2.73. The predicted molar refractivity (Wildman–Crippen MR) is 127 cm³/mol. The van der Waals surface area contributed by atoms with Gasteiger partial charge in [0.15, 0.2) is 11.5 Å². The number of rotatable bonds is 9. The molecule has 0 amide bonds. The molecule has 0 aliphatic rings. The fourth-order valence-electron chi connectivity index (χ4n) is 2.94. The van der Waals surface area contributed by atoms with Crippen LogP contribution in [0.5, 0.6) is 11.5 Å². The number of hydrogen-bond donors (Lipinski definition) is 2. The van der Waals surface area contributed by atoms with Crippen LogP contribution < -0.4 is 14.8 Å². The summed E-state index contributed by atoms with van der Waals surface area (Å²) in [5.74, 6) is 0.816. The molecule has 0 saturated carbocycles. The molecule has 0 fully saturated rings. The lowest BCUT2D eigenvalue weighted by atomic mass is 10.2. The van der Waals surface area contributed by atoms with Crippen molar-refractivity contribution in [3.8, 4) is 11.5 Å². The third-order valence-electron chi connectivity index (χ3n) is 4.92. The molecule has 1 unspecified atom stereocenters. The molecule has 3 rings (SSSR count). The number of aliphatic hydroxyl groups is 1. The Morgan fingerprint density at radius 2 is 1.94 bits per heavy atom. The van der Waals surface area contributed by atoms with Crippen LogP contribution in [0.2, 0.25) is 5.02 Å². The highest BCUT2D eigenvalue weighted by Gasteiger charge is 2.16. The first-order valence-electron chi connectivity index (χ1n) is 9.84. The number of methoxy groups -OCH3 is 1. The van der Waals surface area contributed by atoms with Crippen molar-refractivity contribution >= 4 is 46.4 Å². The molecule has 1 atom stereocenters. The Morgan fingerprint density at radius 3 is 2.59 bits per heavy atom. The van der Waals surface area contributed by atoms with E-state index < -0.39 is 11.9 Å². The molecular formula is C22H27Cl2FN4O3. The lowest BCUT2D eigenvalue weighted by Gasteiger charge is -2.24. The molecular weight excluding hydrogens is 458 g/mol. The summed E-state index contributed by atoms with van der Waals surface area (Å²) in [4.78, 5) is 10.5. The van der Waals surface area contributed by atoms with Crippen LogP contribution in [0.3, 0.4) is 0 Å². The normalized spacial score (nSPS) is 12.0. The van der Waals surface area contributed by atoms with E-state index in [0.29, 0.717) is 45.8 Å². The second kappa shape index (κ2) is 11.5. The summed E-state index contributed by atoms with van der Waals surface area (Å²) in [6, 6.07) is 8.09. The molecule has 0 saturated heterocycles. The van der Waals surface area contributed by atoms with Crippen LogP contribution >= 0.6 is 24.0 Å². The minimum Gasteiger partial charge on any atom is -0.493 e. The van der Waals surface area contributed by atoms with Crippen LogP contribution in [-0.2, 0) is 0 Å². The molecule has 0 aliphatic heterocycles. The van der Waals surface area contributed by atoms with Gasteiger partial charge in [-0.25, -0.2) is 14.4 Å². The van der Waals surface area contributed by atoms with E-state index in [-0.39, 0.29) is 24.7 Å². The maximum Gasteiger partial charge on any atom is 0.163 e. The first-order valence-corrected chi connectivity index (χ1v) is 10.2. The molecule has 7 nitrogen and oxygen atoms in total. The smallest absolute Gasteiger partial charge is 0.163 e. The van der Waals surface area contributed by atoms with Gasteiger partial charge in [-0.05, 0) is 45.2 Å². The van der Waals surface area contributed by atoms with E-state index in [1.54, 1.807) is 18.2 Å². The molecule has 1 aromatic heterocycles. The topological polar surface area (TPSA) is 79.7 Å². The van der Waals surface area contributed by atoms with E-state index in [9.17, 15) is 9.50 Å². The van der Waals surface area contributed by atoms with Crippen LogP contribution in [-0.4, -0.2) is 59.4 Å². The number of fused-ring (bicyclic) bond motifs is 1. The standard InChI is InChI=1S/C22H26ClFN4O3.ClH/c1-13(2)28(3)10-15(29)11-31-21-9-19-16(8-20(21)30-4)22(26-12-25-19)27-18-6-5-14(23)7-17(18)24;/h5-9,12-13,15,29H,10-11H2,1-4H3,(H,25,26,27);1H. The van der Waals surface area contributed by atoms with E-state index in [4.69, 9.17) is 21.1 Å². The first kappa shape index (κ1) is 25.9. The van der Waals surface area contributed by atoms with E-state index in [1.165, 1.54) is 25.6 Å². The van der Waals surface area contributed by atoms with Gasteiger partial charge in [-0.3, -0.25) is 0 Å². The van der Waals surface area contributed by atoms with Crippen molar-refractivity contribution in [1.29, 1.82) is 0 Å². The number of aromatic nitrogens is 2. The Balaban J connectivity index is 0.00000363. The maximum absolute atomic E-state index is 14.2. The Bertz CT molecular complexity index is 1060. The van der Waals surface area contributed by atoms with Crippen molar-refractivity contribution in [2.24, 2.45) is 0 Å². The van der Waals surface area contributed by atoms with Gasteiger partial charge in [-0.15, -0.1) is 12.4 Å². The van der Waals surface area contributed by atoms with Gasteiger partial charge in [0.25, 0.3) is 0 Å². The Hall–Kier alpha value is -2.39. The molecule has 1 heterocycles. The fraction of sp³-hybridized carbons (Fsp3) is 0.364. The van der Waals surface area contributed by atoms with Crippen molar-refractivity contribution in [1.82, 2.24) is 14.9 Å². The van der Waals surface area contributed by atoms with Gasteiger partial charge < -0.3 is 24.8 Å². The second-order valence-corrected chi connectivity index (χ2v) is 7.93. The monoisotopic (exact) mass is 484 g/mol. The predicted octanol–water partition coefficient (Wildman–Crippen LogP) is 4.68. The SMILES string of the molecule is COc1cc2c(Nc3ccc(Cl)cc3F)ncnc2cc1OCC(O)CN(C)C(C)C.Cl. The highest BCUT2D eigenvalue weighted by Crippen LogP contribution is 2.35. The molecule has 0 radical (unpaired) electrons. The summed E-state index contributed by atoms with van der Waals surface area (Å²) >= 11 is 5.82. The summed E-state index contributed by atoms with van der Waals surface area (Å²) in [5.41, 5.74) is 0.817. The van der Waals surface area contributed by atoms with E-state index in [2.05, 4.69) is 29.1 Å². The number of nitrogens with zero attached hydrogens (tertiary/aromatic N) is 3. The van der Waals surface area contributed by atoms with Crippen molar-refractivity contribution < 1.29 is 19.0 Å². The zero-order chi connectivity index (χ0) is 22.5. The van der Waals surface area contributed by atoms with E-state index >= 15 is 0 Å². The molecule has 10 heteroatoms. The van der Waals surface area contributed by atoms with E-state index in [0.717, 1.165) is 0 Å². The molecule has 0 spiro atoms. The summed E-state index contributed by atoms with van der Waals surface area (Å²) < 4.78 is 25.5. The first-order chi connectivity index (χ1) is 14.8. The number of halogens is 3. The van der Waals surface area contributed by atoms with Crippen LogP contribution in [0.25, 0.3) is 10.9 Å². The van der Waals surface area contributed by atoms with Gasteiger partial charge in [0.1, 0.15) is 30.7 Å². The third kappa shape index (κ3) is 6.32. The molecule has 0 aliphatic carbocycles. The van der Waals surface area contributed by atoms with Gasteiger partial charge in [0, 0.05) is 29.1 Å². The lowest BCUT2D eigenvalue weighted by Crippen LogP contribution is -2.36. The van der Waals surface area contributed by atoms with Crippen LogP contribution in [0.15, 0.2) is 36.7 Å². The zero-order valence-electron chi connectivity index (χ0n) is 18.3. The Morgan fingerprint density at radius 1 is 1.19 bits per heavy atom. The number of likely N-dealkylation sites (N-methyl/N-ethyl adjacent to an activating group) is 1. The van der Waals surface area contributed by atoms with Gasteiger partial charge in [-0.1, -0.05) is 11.6 Å². The molecule has 3 aromatic rings. The molecule has 0 bridgehead atoms.